The highest BCUT2D eigenvalue weighted by molar-refractivity contribution is 4.89. The molecule has 1 rings (SSSR count). The summed E-state index contributed by atoms with van der Waals surface area (Å²) in [6.07, 6.45) is -4.24. The monoisotopic (exact) mass is 226 g/mol. The van der Waals surface area contributed by atoms with E-state index in [1.807, 2.05) is 0 Å². The van der Waals surface area contributed by atoms with Gasteiger partial charge in [0.2, 0.25) is 0 Å². The first kappa shape index (κ1) is 12.7. The van der Waals surface area contributed by atoms with Crippen LogP contribution in [0.2, 0.25) is 0 Å². The molecule has 1 atom stereocenters. The minimum Gasteiger partial charge on any atom is -0.378 e. The highest BCUT2D eigenvalue weighted by Crippen LogP contribution is 2.30. The van der Waals surface area contributed by atoms with Gasteiger partial charge in [-0.3, -0.25) is 4.90 Å². The smallest absolute Gasteiger partial charge is 0.378 e. The molecule has 1 fully saturated rings. The summed E-state index contributed by atoms with van der Waals surface area (Å²) in [5.41, 5.74) is -0.677. The van der Waals surface area contributed by atoms with Gasteiger partial charge >= 0.3 is 6.18 Å². The summed E-state index contributed by atoms with van der Waals surface area (Å²) in [6.45, 7) is 3.82. The van der Waals surface area contributed by atoms with Crippen LogP contribution in [-0.4, -0.2) is 49.6 Å². The number of alkyl halides is 3. The third-order valence-corrected chi connectivity index (χ3v) is 2.84. The molecular weight excluding hydrogens is 209 g/mol. The van der Waals surface area contributed by atoms with Gasteiger partial charge in [-0.05, 0) is 20.9 Å². The van der Waals surface area contributed by atoms with E-state index in [4.69, 9.17) is 4.74 Å². The zero-order chi connectivity index (χ0) is 11.7. The minimum atomic E-state index is -4.24. The van der Waals surface area contributed by atoms with Gasteiger partial charge in [0.05, 0.1) is 18.9 Å². The van der Waals surface area contributed by atoms with E-state index < -0.39 is 17.9 Å². The number of ether oxygens (including phenoxy) is 1. The van der Waals surface area contributed by atoms with Crippen LogP contribution < -0.4 is 5.32 Å². The molecule has 0 aromatic carbocycles. The first-order chi connectivity index (χ1) is 6.79. The summed E-state index contributed by atoms with van der Waals surface area (Å²) in [6, 6.07) is -1.52. The molecule has 0 amide bonds. The van der Waals surface area contributed by atoms with Crippen molar-refractivity contribution < 1.29 is 17.9 Å². The summed E-state index contributed by atoms with van der Waals surface area (Å²) in [5.74, 6) is 0. The van der Waals surface area contributed by atoms with Gasteiger partial charge in [0.1, 0.15) is 6.04 Å². The lowest BCUT2D eigenvalue weighted by Crippen LogP contribution is -2.65. The molecule has 0 aliphatic carbocycles. The minimum absolute atomic E-state index is 0.283. The molecule has 15 heavy (non-hydrogen) atoms. The molecule has 0 spiro atoms. The van der Waals surface area contributed by atoms with E-state index in [0.717, 1.165) is 0 Å². The summed E-state index contributed by atoms with van der Waals surface area (Å²) in [5, 5.41) is 2.88. The Bertz CT molecular complexity index is 218. The number of rotatable bonds is 2. The average Bonchev–Trinajstić information content (AvgIpc) is 2.16. The molecule has 1 heterocycles. The third-order valence-electron chi connectivity index (χ3n) is 2.84. The van der Waals surface area contributed by atoms with Gasteiger partial charge in [-0.1, -0.05) is 0 Å². The van der Waals surface area contributed by atoms with Crippen molar-refractivity contribution in [3.05, 3.63) is 0 Å². The first-order valence-electron chi connectivity index (χ1n) is 4.89. The lowest BCUT2D eigenvalue weighted by atomic mass is 10.1. The van der Waals surface area contributed by atoms with E-state index in [9.17, 15) is 13.2 Å². The molecule has 0 saturated carbocycles. The number of halogens is 3. The number of hydrogen-bond donors (Lipinski definition) is 1. The van der Waals surface area contributed by atoms with Gasteiger partial charge in [-0.15, -0.1) is 0 Å². The van der Waals surface area contributed by atoms with Crippen LogP contribution in [0.25, 0.3) is 0 Å². The zero-order valence-corrected chi connectivity index (χ0v) is 9.19. The highest BCUT2D eigenvalue weighted by atomic mass is 19.4. The summed E-state index contributed by atoms with van der Waals surface area (Å²) in [7, 11) is 1.66. The quantitative estimate of drug-likeness (QED) is 0.765. The summed E-state index contributed by atoms with van der Waals surface area (Å²) < 4.78 is 43.0. The fraction of sp³-hybridized carbons (Fsp3) is 1.00. The molecule has 90 valence electrons. The van der Waals surface area contributed by atoms with Crippen molar-refractivity contribution in [3.8, 4) is 0 Å². The topological polar surface area (TPSA) is 24.5 Å². The van der Waals surface area contributed by atoms with Crippen molar-refractivity contribution in [2.75, 3.05) is 26.8 Å². The molecule has 3 nitrogen and oxygen atoms in total. The first-order valence-corrected chi connectivity index (χ1v) is 4.89. The van der Waals surface area contributed by atoms with Crippen molar-refractivity contribution in [1.82, 2.24) is 10.2 Å². The van der Waals surface area contributed by atoms with Crippen LogP contribution in [0, 0.1) is 0 Å². The molecular formula is C9H17F3N2O. The second kappa shape index (κ2) is 4.27. The Hall–Kier alpha value is -0.330. The normalized spacial score (nSPS) is 25.6. The van der Waals surface area contributed by atoms with Crippen molar-refractivity contribution >= 4 is 0 Å². The van der Waals surface area contributed by atoms with Gasteiger partial charge in [-0.2, -0.15) is 13.2 Å². The van der Waals surface area contributed by atoms with Crippen molar-refractivity contribution in [1.29, 1.82) is 0 Å². The van der Waals surface area contributed by atoms with E-state index in [-0.39, 0.29) is 13.2 Å². The number of nitrogens with zero attached hydrogens (tertiary/aromatic N) is 1. The second-order valence-corrected chi connectivity index (χ2v) is 4.13. The van der Waals surface area contributed by atoms with Crippen molar-refractivity contribution in [2.24, 2.45) is 0 Å². The van der Waals surface area contributed by atoms with Crippen molar-refractivity contribution in [2.45, 2.75) is 31.7 Å². The van der Waals surface area contributed by atoms with Gasteiger partial charge < -0.3 is 10.1 Å². The maximum absolute atomic E-state index is 12.7. The molecule has 0 bridgehead atoms. The van der Waals surface area contributed by atoms with Crippen LogP contribution >= 0.6 is 0 Å². The summed E-state index contributed by atoms with van der Waals surface area (Å²) in [4.78, 5) is 1.40. The molecule has 0 radical (unpaired) electrons. The second-order valence-electron chi connectivity index (χ2n) is 4.13. The molecule has 1 aliphatic rings. The van der Waals surface area contributed by atoms with E-state index in [1.54, 1.807) is 20.9 Å². The number of hydrogen-bond acceptors (Lipinski definition) is 3. The van der Waals surface area contributed by atoms with Gasteiger partial charge in [0.25, 0.3) is 0 Å². The van der Waals surface area contributed by atoms with Gasteiger partial charge in [0.15, 0.2) is 0 Å². The largest absolute Gasteiger partial charge is 0.406 e. The third kappa shape index (κ3) is 2.83. The van der Waals surface area contributed by atoms with E-state index in [0.29, 0.717) is 6.61 Å². The van der Waals surface area contributed by atoms with E-state index >= 15 is 0 Å². The molecule has 0 aromatic rings. The highest BCUT2D eigenvalue weighted by Gasteiger charge is 2.49. The fourth-order valence-electron chi connectivity index (χ4n) is 1.69. The fourth-order valence-corrected chi connectivity index (χ4v) is 1.69. The molecule has 0 unspecified atom stereocenters. The Morgan fingerprint density at radius 1 is 1.33 bits per heavy atom. The predicted molar refractivity (Wildman–Crippen MR) is 50.5 cm³/mol. The lowest BCUT2D eigenvalue weighted by Gasteiger charge is -2.46. The standard InChI is InChI=1S/C9H17F3N2O/c1-8(2,13-3)14-4-5-15-6-7(14)9(10,11)12/h7,13H,4-6H2,1-3H3/t7-/m1/s1. The Balaban J connectivity index is 2.83. The van der Waals surface area contributed by atoms with Gasteiger partial charge in [0, 0.05) is 6.54 Å². The molecule has 1 aliphatic heterocycles. The lowest BCUT2D eigenvalue weighted by molar-refractivity contribution is -0.229. The maximum atomic E-state index is 12.7. The predicted octanol–water partition coefficient (Wildman–Crippen LogP) is 1.20. The maximum Gasteiger partial charge on any atom is 0.406 e. The van der Waals surface area contributed by atoms with Crippen LogP contribution in [-0.2, 0) is 4.74 Å². The van der Waals surface area contributed by atoms with E-state index in [1.165, 1.54) is 4.90 Å². The van der Waals surface area contributed by atoms with Crippen LogP contribution in [0.5, 0.6) is 0 Å². The molecule has 0 aromatic heterocycles. The Morgan fingerprint density at radius 3 is 2.40 bits per heavy atom. The van der Waals surface area contributed by atoms with Crippen LogP contribution in [0.3, 0.4) is 0 Å². The van der Waals surface area contributed by atoms with E-state index in [2.05, 4.69) is 5.32 Å². The Kier molecular flexibility index (Phi) is 3.63. The van der Waals surface area contributed by atoms with Crippen LogP contribution in [0.15, 0.2) is 0 Å². The zero-order valence-electron chi connectivity index (χ0n) is 9.19. The van der Waals surface area contributed by atoms with Crippen LogP contribution in [0.4, 0.5) is 13.2 Å². The Labute approximate surface area is 87.6 Å². The molecule has 1 N–H and O–H groups in total. The number of morpholine rings is 1. The SMILES string of the molecule is CNC(C)(C)N1CCOC[C@@H]1C(F)(F)F. The average molecular weight is 226 g/mol. The number of nitrogens with one attached hydrogen (secondary N) is 1. The van der Waals surface area contributed by atoms with Gasteiger partial charge in [-0.25, -0.2) is 0 Å². The Morgan fingerprint density at radius 2 is 1.93 bits per heavy atom. The van der Waals surface area contributed by atoms with Crippen molar-refractivity contribution in [3.63, 3.8) is 0 Å². The molecule has 1 saturated heterocycles. The molecule has 6 heteroatoms. The van der Waals surface area contributed by atoms with Crippen LogP contribution in [0.1, 0.15) is 13.8 Å². The summed E-state index contributed by atoms with van der Waals surface area (Å²) >= 11 is 0.